The average molecular weight is 336 g/mol. The highest BCUT2D eigenvalue weighted by Gasteiger charge is 2.38. The molecule has 1 N–H and O–H groups in total. The molecule has 0 bridgehead atoms. The fraction of sp³-hybridized carbons (Fsp3) is 0.529. The van der Waals surface area contributed by atoms with E-state index >= 15 is 0 Å². The van der Waals surface area contributed by atoms with Crippen molar-refractivity contribution >= 4 is 29.1 Å². The summed E-state index contributed by atoms with van der Waals surface area (Å²) in [5, 5.41) is 3.81. The second-order valence-corrected chi connectivity index (χ2v) is 6.81. The maximum atomic E-state index is 12.7. The lowest BCUT2D eigenvalue weighted by Gasteiger charge is -2.21. The molecule has 0 aliphatic carbocycles. The Morgan fingerprint density at radius 2 is 2.04 bits per heavy atom. The van der Waals surface area contributed by atoms with E-state index in [4.69, 9.17) is 11.6 Å². The van der Waals surface area contributed by atoms with Gasteiger partial charge in [0.25, 0.3) is 0 Å². The van der Waals surface area contributed by atoms with Crippen molar-refractivity contribution in [2.24, 2.45) is 11.8 Å². The molecular formula is C17H22ClN3O2. The van der Waals surface area contributed by atoms with Crippen LogP contribution in [0.3, 0.4) is 0 Å². The lowest BCUT2D eigenvalue weighted by Crippen LogP contribution is -2.36. The number of carbonyl (C=O) groups excluding carboxylic acids is 2. The summed E-state index contributed by atoms with van der Waals surface area (Å²) in [6.07, 6.45) is 1.34. The van der Waals surface area contributed by atoms with Crippen LogP contribution in [-0.4, -0.2) is 49.9 Å². The topological polar surface area (TPSA) is 52.7 Å². The summed E-state index contributed by atoms with van der Waals surface area (Å²) in [5.74, 6) is 0.421. The Balaban J connectivity index is 1.63. The van der Waals surface area contributed by atoms with E-state index in [-0.39, 0.29) is 17.7 Å². The molecule has 0 aromatic heterocycles. The van der Waals surface area contributed by atoms with Crippen LogP contribution < -0.4 is 10.2 Å². The molecule has 0 radical (unpaired) electrons. The van der Waals surface area contributed by atoms with Gasteiger partial charge in [0.05, 0.1) is 5.92 Å². The minimum atomic E-state index is -0.230. The normalized spacial score (nSPS) is 24.5. The first kappa shape index (κ1) is 16.3. The van der Waals surface area contributed by atoms with Crippen molar-refractivity contribution < 1.29 is 9.59 Å². The van der Waals surface area contributed by atoms with Gasteiger partial charge in [0.15, 0.2) is 0 Å². The molecule has 3 rings (SSSR count). The Labute approximate surface area is 141 Å². The van der Waals surface area contributed by atoms with Gasteiger partial charge >= 0.3 is 0 Å². The molecule has 0 spiro atoms. The van der Waals surface area contributed by atoms with Crippen LogP contribution in [0.1, 0.15) is 12.8 Å². The molecule has 5 nitrogen and oxygen atoms in total. The lowest BCUT2D eigenvalue weighted by molar-refractivity contribution is -0.134. The van der Waals surface area contributed by atoms with Crippen LogP contribution in [0.4, 0.5) is 5.69 Å². The SMILES string of the molecule is CNCC1CCN(C(=O)C2CC(=O)N(c3ccc(Cl)cc3)C2)C1. The minimum absolute atomic E-state index is 0.0108. The number of hydrogen-bond acceptors (Lipinski definition) is 3. The van der Waals surface area contributed by atoms with E-state index in [0.717, 1.165) is 31.7 Å². The monoisotopic (exact) mass is 335 g/mol. The third kappa shape index (κ3) is 3.51. The molecular weight excluding hydrogens is 314 g/mol. The molecule has 2 unspecified atom stereocenters. The molecule has 2 aliphatic heterocycles. The fourth-order valence-corrected chi connectivity index (χ4v) is 3.62. The number of anilines is 1. The Morgan fingerprint density at radius 1 is 1.30 bits per heavy atom. The van der Waals surface area contributed by atoms with E-state index in [1.807, 2.05) is 24.1 Å². The van der Waals surface area contributed by atoms with Crippen LogP contribution >= 0.6 is 11.6 Å². The van der Waals surface area contributed by atoms with Gasteiger partial charge in [-0.3, -0.25) is 9.59 Å². The second-order valence-electron chi connectivity index (χ2n) is 6.38. The van der Waals surface area contributed by atoms with Gasteiger partial charge < -0.3 is 15.1 Å². The fourth-order valence-electron chi connectivity index (χ4n) is 3.49. The third-order valence-electron chi connectivity index (χ3n) is 4.70. The minimum Gasteiger partial charge on any atom is -0.342 e. The van der Waals surface area contributed by atoms with Crippen LogP contribution in [0.2, 0.25) is 5.02 Å². The number of benzene rings is 1. The summed E-state index contributed by atoms with van der Waals surface area (Å²) >= 11 is 5.89. The Morgan fingerprint density at radius 3 is 2.74 bits per heavy atom. The van der Waals surface area contributed by atoms with Gasteiger partial charge in [-0.1, -0.05) is 11.6 Å². The number of nitrogens with zero attached hydrogens (tertiary/aromatic N) is 2. The standard InChI is InChI=1S/C17H22ClN3O2/c1-19-9-12-6-7-20(10-12)17(23)13-8-16(22)21(11-13)15-4-2-14(18)3-5-15/h2-5,12-13,19H,6-11H2,1H3. The number of carbonyl (C=O) groups is 2. The quantitative estimate of drug-likeness (QED) is 0.912. The van der Waals surface area contributed by atoms with E-state index in [2.05, 4.69) is 5.32 Å². The van der Waals surface area contributed by atoms with E-state index in [0.29, 0.717) is 23.9 Å². The van der Waals surface area contributed by atoms with Crippen LogP contribution in [0.25, 0.3) is 0 Å². The Bertz CT molecular complexity index is 590. The lowest BCUT2D eigenvalue weighted by atomic mass is 10.1. The van der Waals surface area contributed by atoms with Crippen molar-refractivity contribution in [2.75, 3.05) is 38.1 Å². The van der Waals surface area contributed by atoms with Gasteiger partial charge in [-0.25, -0.2) is 0 Å². The largest absolute Gasteiger partial charge is 0.342 e. The molecule has 2 saturated heterocycles. The van der Waals surface area contributed by atoms with Crippen molar-refractivity contribution in [3.8, 4) is 0 Å². The number of amides is 2. The molecule has 6 heteroatoms. The predicted octanol–water partition coefficient (Wildman–Crippen LogP) is 1.76. The van der Waals surface area contributed by atoms with Crippen LogP contribution in [0.15, 0.2) is 24.3 Å². The highest BCUT2D eigenvalue weighted by atomic mass is 35.5. The van der Waals surface area contributed by atoms with E-state index in [9.17, 15) is 9.59 Å². The van der Waals surface area contributed by atoms with Gasteiger partial charge in [-0.05, 0) is 50.2 Å². The first-order chi connectivity index (χ1) is 11.1. The molecule has 2 heterocycles. The molecule has 1 aromatic carbocycles. The number of nitrogens with one attached hydrogen (secondary N) is 1. The van der Waals surface area contributed by atoms with Crippen molar-refractivity contribution in [2.45, 2.75) is 12.8 Å². The smallest absolute Gasteiger partial charge is 0.228 e. The summed E-state index contributed by atoms with van der Waals surface area (Å²) in [6, 6.07) is 7.18. The predicted molar refractivity (Wildman–Crippen MR) is 90.5 cm³/mol. The highest BCUT2D eigenvalue weighted by molar-refractivity contribution is 6.30. The molecule has 2 fully saturated rings. The zero-order chi connectivity index (χ0) is 16.4. The van der Waals surface area contributed by atoms with Crippen LogP contribution in [-0.2, 0) is 9.59 Å². The summed E-state index contributed by atoms with van der Waals surface area (Å²) in [5.41, 5.74) is 0.809. The van der Waals surface area contributed by atoms with Crippen LogP contribution in [0.5, 0.6) is 0 Å². The molecule has 1 aromatic rings. The van der Waals surface area contributed by atoms with E-state index in [1.165, 1.54) is 0 Å². The molecule has 2 aliphatic rings. The van der Waals surface area contributed by atoms with Crippen molar-refractivity contribution in [3.63, 3.8) is 0 Å². The molecule has 0 saturated carbocycles. The molecule has 2 atom stereocenters. The summed E-state index contributed by atoms with van der Waals surface area (Å²) in [7, 11) is 1.93. The van der Waals surface area contributed by atoms with Gasteiger partial charge in [0.2, 0.25) is 11.8 Å². The number of hydrogen-bond donors (Lipinski definition) is 1. The summed E-state index contributed by atoms with van der Waals surface area (Å²) < 4.78 is 0. The van der Waals surface area contributed by atoms with Crippen LogP contribution in [0, 0.1) is 11.8 Å². The zero-order valence-electron chi connectivity index (χ0n) is 13.3. The Kier molecular flexibility index (Phi) is 4.87. The maximum absolute atomic E-state index is 12.7. The number of rotatable bonds is 4. The molecule has 2 amide bonds. The Hall–Kier alpha value is -1.59. The van der Waals surface area contributed by atoms with E-state index < -0.39 is 0 Å². The van der Waals surface area contributed by atoms with Gasteiger partial charge in [0, 0.05) is 36.8 Å². The van der Waals surface area contributed by atoms with E-state index in [1.54, 1.807) is 17.0 Å². The molecule has 23 heavy (non-hydrogen) atoms. The highest BCUT2D eigenvalue weighted by Crippen LogP contribution is 2.28. The maximum Gasteiger partial charge on any atom is 0.228 e. The van der Waals surface area contributed by atoms with Crippen molar-refractivity contribution in [3.05, 3.63) is 29.3 Å². The van der Waals surface area contributed by atoms with Gasteiger partial charge in [-0.2, -0.15) is 0 Å². The third-order valence-corrected chi connectivity index (χ3v) is 4.95. The van der Waals surface area contributed by atoms with Crippen molar-refractivity contribution in [1.82, 2.24) is 10.2 Å². The first-order valence-corrected chi connectivity index (χ1v) is 8.45. The number of likely N-dealkylation sites (tertiary alicyclic amines) is 1. The average Bonchev–Trinajstić information content (AvgIpc) is 3.15. The summed E-state index contributed by atoms with van der Waals surface area (Å²) in [6.45, 7) is 3.00. The molecule has 124 valence electrons. The van der Waals surface area contributed by atoms with Gasteiger partial charge in [-0.15, -0.1) is 0 Å². The second kappa shape index (κ2) is 6.89. The zero-order valence-corrected chi connectivity index (χ0v) is 14.1. The van der Waals surface area contributed by atoms with Gasteiger partial charge in [0.1, 0.15) is 0 Å². The summed E-state index contributed by atoms with van der Waals surface area (Å²) in [4.78, 5) is 28.6. The van der Waals surface area contributed by atoms with Crippen molar-refractivity contribution in [1.29, 1.82) is 0 Å². The number of halogens is 1. The first-order valence-electron chi connectivity index (χ1n) is 8.08.